The maximum atomic E-state index is 5.93. The largest absolute Gasteiger partial charge is 0.384 e. The number of nitrogens with two attached hydrogens (primary N) is 1. The average Bonchev–Trinajstić information content (AvgIpc) is 2.72. The Morgan fingerprint density at radius 1 is 1.12 bits per heavy atom. The lowest BCUT2D eigenvalue weighted by Crippen LogP contribution is -1.90. The van der Waals surface area contributed by atoms with E-state index in [0.717, 1.165) is 20.9 Å². The summed E-state index contributed by atoms with van der Waals surface area (Å²) in [5, 5.41) is 1.55. The molecule has 0 aliphatic rings. The maximum absolute atomic E-state index is 5.93. The lowest BCUT2D eigenvalue weighted by atomic mass is 10.3. The normalized spacial score (nSPS) is 10.9. The third kappa shape index (κ3) is 1.97. The Balaban J connectivity index is 2.18. The average molecular weight is 262 g/mol. The number of pyridine rings is 1. The maximum Gasteiger partial charge on any atom is 0.143 e. The highest BCUT2D eigenvalue weighted by Gasteiger charge is 2.07. The second-order valence-electron chi connectivity index (χ2n) is 3.58. The fourth-order valence-electron chi connectivity index (χ4n) is 1.58. The number of anilines is 1. The van der Waals surface area contributed by atoms with Crippen LogP contribution in [0.2, 0.25) is 5.02 Å². The fraction of sp³-hybridized carbons (Fsp3) is 0. The number of hydrogen-bond acceptors (Lipinski definition) is 4. The molecule has 0 saturated carbocycles. The van der Waals surface area contributed by atoms with Gasteiger partial charge >= 0.3 is 0 Å². The second-order valence-corrected chi connectivity index (χ2v) is 5.05. The Hall–Kier alpha value is -1.65. The molecule has 0 aliphatic heterocycles. The van der Waals surface area contributed by atoms with Gasteiger partial charge in [0.15, 0.2) is 0 Å². The zero-order valence-corrected chi connectivity index (χ0v) is 10.3. The highest BCUT2D eigenvalue weighted by molar-refractivity contribution is 7.21. The van der Waals surface area contributed by atoms with Crippen LogP contribution in [-0.2, 0) is 0 Å². The molecule has 0 unspecified atom stereocenters. The Labute approximate surface area is 107 Å². The molecule has 0 saturated heterocycles. The van der Waals surface area contributed by atoms with E-state index in [0.29, 0.717) is 10.8 Å². The summed E-state index contributed by atoms with van der Waals surface area (Å²) in [6, 6.07) is 11.2. The third-order valence-electron chi connectivity index (χ3n) is 2.34. The van der Waals surface area contributed by atoms with Gasteiger partial charge in [0.2, 0.25) is 0 Å². The first-order valence-corrected chi connectivity index (χ1v) is 6.21. The summed E-state index contributed by atoms with van der Waals surface area (Å²) >= 11 is 7.51. The molecule has 0 fully saturated rings. The predicted octanol–water partition coefficient (Wildman–Crippen LogP) is 3.59. The van der Waals surface area contributed by atoms with E-state index in [1.165, 1.54) is 0 Å². The highest BCUT2D eigenvalue weighted by atomic mass is 35.5. The zero-order valence-electron chi connectivity index (χ0n) is 8.72. The van der Waals surface area contributed by atoms with Crippen LogP contribution in [0.1, 0.15) is 0 Å². The first-order chi connectivity index (χ1) is 8.22. The molecule has 84 valence electrons. The fourth-order valence-corrected chi connectivity index (χ4v) is 2.66. The number of nitrogens with zero attached hydrogens (tertiary/aromatic N) is 2. The molecule has 3 nitrogen and oxygen atoms in total. The smallest absolute Gasteiger partial charge is 0.143 e. The van der Waals surface area contributed by atoms with Gasteiger partial charge in [0.05, 0.1) is 10.2 Å². The van der Waals surface area contributed by atoms with Gasteiger partial charge in [-0.3, -0.25) is 0 Å². The van der Waals surface area contributed by atoms with Crippen molar-refractivity contribution in [1.29, 1.82) is 0 Å². The van der Waals surface area contributed by atoms with Gasteiger partial charge in [-0.2, -0.15) is 0 Å². The van der Waals surface area contributed by atoms with E-state index in [9.17, 15) is 0 Å². The molecule has 0 radical (unpaired) electrons. The number of nitrogen functional groups attached to an aromatic ring is 1. The molecule has 2 N–H and O–H groups in total. The molecule has 0 amide bonds. The third-order valence-corrected chi connectivity index (χ3v) is 3.63. The zero-order chi connectivity index (χ0) is 11.8. The van der Waals surface area contributed by atoms with Crippen LogP contribution in [0.3, 0.4) is 0 Å². The number of aromatic nitrogens is 2. The molecular weight excluding hydrogens is 254 g/mol. The van der Waals surface area contributed by atoms with Crippen LogP contribution in [0, 0.1) is 0 Å². The van der Waals surface area contributed by atoms with E-state index in [-0.39, 0.29) is 0 Å². The first-order valence-electron chi connectivity index (χ1n) is 5.01. The van der Waals surface area contributed by atoms with Crippen molar-refractivity contribution >= 4 is 39.0 Å². The lowest BCUT2D eigenvalue weighted by Gasteiger charge is -1.95. The van der Waals surface area contributed by atoms with Gasteiger partial charge in [-0.25, -0.2) is 9.97 Å². The van der Waals surface area contributed by atoms with E-state index in [4.69, 9.17) is 17.3 Å². The van der Waals surface area contributed by atoms with Gasteiger partial charge in [0, 0.05) is 5.02 Å². The van der Waals surface area contributed by atoms with Crippen LogP contribution >= 0.6 is 22.9 Å². The molecule has 5 heteroatoms. The van der Waals surface area contributed by atoms with Gasteiger partial charge in [0.1, 0.15) is 16.5 Å². The Kier molecular flexibility index (Phi) is 2.46. The molecule has 2 heterocycles. The van der Waals surface area contributed by atoms with Crippen LogP contribution in [0.5, 0.6) is 0 Å². The minimum absolute atomic E-state index is 0.500. The monoisotopic (exact) mass is 261 g/mol. The number of halogens is 1. The van der Waals surface area contributed by atoms with Crippen LogP contribution in [0.4, 0.5) is 5.82 Å². The molecule has 0 spiro atoms. The van der Waals surface area contributed by atoms with Crippen molar-refractivity contribution in [3.8, 4) is 10.7 Å². The summed E-state index contributed by atoms with van der Waals surface area (Å²) in [6.45, 7) is 0. The Morgan fingerprint density at radius 3 is 2.82 bits per heavy atom. The molecule has 3 rings (SSSR count). The van der Waals surface area contributed by atoms with Crippen LogP contribution < -0.4 is 5.73 Å². The van der Waals surface area contributed by atoms with Gasteiger partial charge in [0.25, 0.3) is 0 Å². The van der Waals surface area contributed by atoms with E-state index in [2.05, 4.69) is 9.97 Å². The topological polar surface area (TPSA) is 51.8 Å². The van der Waals surface area contributed by atoms with E-state index in [1.54, 1.807) is 17.4 Å². The number of benzene rings is 1. The van der Waals surface area contributed by atoms with Crippen molar-refractivity contribution in [2.75, 3.05) is 5.73 Å². The number of rotatable bonds is 1. The van der Waals surface area contributed by atoms with Crippen molar-refractivity contribution < 1.29 is 0 Å². The second kappa shape index (κ2) is 3.98. The Morgan fingerprint density at radius 2 is 2.00 bits per heavy atom. The van der Waals surface area contributed by atoms with Gasteiger partial charge in [-0.05, 0) is 30.3 Å². The van der Waals surface area contributed by atoms with Crippen molar-refractivity contribution in [3.05, 3.63) is 41.4 Å². The summed E-state index contributed by atoms with van der Waals surface area (Å²) in [6.07, 6.45) is 0. The predicted molar refractivity (Wildman–Crippen MR) is 72.3 cm³/mol. The summed E-state index contributed by atoms with van der Waals surface area (Å²) in [5.74, 6) is 0.500. The highest BCUT2D eigenvalue weighted by Crippen LogP contribution is 2.30. The Bertz CT molecular complexity index is 693. The number of hydrogen-bond donors (Lipinski definition) is 1. The lowest BCUT2D eigenvalue weighted by molar-refractivity contribution is 1.31. The number of fused-ring (bicyclic) bond motifs is 1. The van der Waals surface area contributed by atoms with Gasteiger partial charge in [-0.15, -0.1) is 11.3 Å². The van der Waals surface area contributed by atoms with Gasteiger partial charge in [-0.1, -0.05) is 17.7 Å². The quantitative estimate of drug-likeness (QED) is 0.728. The van der Waals surface area contributed by atoms with Crippen molar-refractivity contribution in [3.63, 3.8) is 0 Å². The summed E-state index contributed by atoms with van der Waals surface area (Å²) in [7, 11) is 0. The van der Waals surface area contributed by atoms with Crippen LogP contribution in [-0.4, -0.2) is 9.97 Å². The molecular formula is C12H8ClN3S. The van der Waals surface area contributed by atoms with E-state index >= 15 is 0 Å². The minimum Gasteiger partial charge on any atom is -0.384 e. The molecule has 1 aromatic carbocycles. The summed E-state index contributed by atoms with van der Waals surface area (Å²) in [5.41, 5.74) is 7.34. The van der Waals surface area contributed by atoms with Gasteiger partial charge < -0.3 is 5.73 Å². The molecule has 0 aliphatic carbocycles. The minimum atomic E-state index is 0.500. The van der Waals surface area contributed by atoms with Crippen LogP contribution in [0.15, 0.2) is 36.4 Å². The molecule has 3 aromatic rings. The SMILES string of the molecule is Nc1cccc(-c2nc3cc(Cl)ccc3s2)n1. The number of thiazole rings is 1. The molecule has 2 aromatic heterocycles. The first kappa shape index (κ1) is 10.5. The molecule has 17 heavy (non-hydrogen) atoms. The van der Waals surface area contributed by atoms with Crippen molar-refractivity contribution in [2.45, 2.75) is 0 Å². The van der Waals surface area contributed by atoms with E-state index < -0.39 is 0 Å². The van der Waals surface area contributed by atoms with Crippen molar-refractivity contribution in [2.24, 2.45) is 0 Å². The summed E-state index contributed by atoms with van der Waals surface area (Å²) in [4.78, 5) is 8.75. The molecule has 0 atom stereocenters. The summed E-state index contributed by atoms with van der Waals surface area (Å²) < 4.78 is 1.09. The van der Waals surface area contributed by atoms with Crippen molar-refractivity contribution in [1.82, 2.24) is 9.97 Å². The standard InChI is InChI=1S/C12H8ClN3S/c13-7-4-5-10-9(6-7)16-12(17-10)8-2-1-3-11(14)15-8/h1-6H,(H2,14,15). The van der Waals surface area contributed by atoms with Crippen LogP contribution in [0.25, 0.3) is 20.9 Å². The van der Waals surface area contributed by atoms with E-state index in [1.807, 2.05) is 30.3 Å². The molecule has 0 bridgehead atoms.